The van der Waals surface area contributed by atoms with Crippen LogP contribution in [0.5, 0.6) is 0 Å². The van der Waals surface area contributed by atoms with Gasteiger partial charge in [-0.25, -0.2) is 27.7 Å². The quantitative estimate of drug-likeness (QED) is 0.572. The minimum absolute atomic E-state index is 0.0738. The molecule has 1 fully saturated rings. The van der Waals surface area contributed by atoms with E-state index in [2.05, 4.69) is 25.3 Å². The van der Waals surface area contributed by atoms with Crippen LogP contribution < -0.4 is 5.32 Å². The molecular formula is C21H28N6O2S. The summed E-state index contributed by atoms with van der Waals surface area (Å²) in [6.45, 7) is 3.46. The molecule has 0 spiro atoms. The average molecular weight is 429 g/mol. The Labute approximate surface area is 177 Å². The van der Waals surface area contributed by atoms with Crippen molar-refractivity contribution in [1.29, 1.82) is 0 Å². The minimum Gasteiger partial charge on any atom is -0.369 e. The van der Waals surface area contributed by atoms with Gasteiger partial charge in [-0.05, 0) is 38.3 Å². The normalized spacial score (nSPS) is 15.5. The molecule has 0 aliphatic carbocycles. The summed E-state index contributed by atoms with van der Waals surface area (Å²) in [6.07, 6.45) is 4.48. The third kappa shape index (κ3) is 5.14. The van der Waals surface area contributed by atoms with Gasteiger partial charge < -0.3 is 10.3 Å². The van der Waals surface area contributed by atoms with Crippen LogP contribution in [-0.4, -0.2) is 58.0 Å². The summed E-state index contributed by atoms with van der Waals surface area (Å²) in [7, 11) is -3.22. The third-order valence-corrected chi connectivity index (χ3v) is 7.19. The van der Waals surface area contributed by atoms with Gasteiger partial charge in [0, 0.05) is 37.8 Å². The topological polar surface area (TPSA) is 104 Å². The Balaban J connectivity index is 1.34. The number of hydrogen-bond acceptors (Lipinski definition) is 6. The predicted octanol–water partition coefficient (Wildman–Crippen LogP) is 2.67. The van der Waals surface area contributed by atoms with Gasteiger partial charge in [0.1, 0.15) is 17.5 Å². The molecule has 2 aromatic heterocycles. The highest BCUT2D eigenvalue weighted by Gasteiger charge is 2.23. The number of para-hydroxylation sites is 2. The lowest BCUT2D eigenvalue weighted by molar-refractivity contribution is 0.347. The third-order valence-electron chi connectivity index (χ3n) is 5.32. The van der Waals surface area contributed by atoms with E-state index >= 15 is 0 Å². The number of aryl methyl sites for hydroxylation is 3. The van der Waals surface area contributed by atoms with Crippen LogP contribution in [0.25, 0.3) is 11.0 Å². The van der Waals surface area contributed by atoms with Crippen molar-refractivity contribution in [2.75, 3.05) is 30.7 Å². The van der Waals surface area contributed by atoms with Gasteiger partial charge in [-0.1, -0.05) is 18.6 Å². The zero-order valence-electron chi connectivity index (χ0n) is 17.3. The highest BCUT2D eigenvalue weighted by atomic mass is 32.2. The van der Waals surface area contributed by atoms with Crippen molar-refractivity contribution >= 4 is 26.9 Å². The molecule has 0 radical (unpaired) electrons. The fraction of sp³-hybridized carbons (Fsp3) is 0.476. The number of sulfonamides is 1. The smallest absolute Gasteiger partial charge is 0.215 e. The summed E-state index contributed by atoms with van der Waals surface area (Å²) in [5, 5.41) is 3.16. The van der Waals surface area contributed by atoms with E-state index in [0.717, 1.165) is 54.7 Å². The molecule has 0 bridgehead atoms. The van der Waals surface area contributed by atoms with E-state index in [1.807, 2.05) is 37.3 Å². The van der Waals surface area contributed by atoms with Crippen LogP contribution in [-0.2, 0) is 22.9 Å². The first-order valence-electron chi connectivity index (χ1n) is 10.5. The summed E-state index contributed by atoms with van der Waals surface area (Å²) in [5.41, 5.74) is 2.90. The number of H-pyrrole nitrogens is 1. The van der Waals surface area contributed by atoms with E-state index in [-0.39, 0.29) is 5.75 Å². The first-order valence-corrected chi connectivity index (χ1v) is 12.1. The summed E-state index contributed by atoms with van der Waals surface area (Å²) >= 11 is 0. The van der Waals surface area contributed by atoms with Gasteiger partial charge in [0.05, 0.1) is 16.8 Å². The van der Waals surface area contributed by atoms with Crippen LogP contribution in [0.4, 0.5) is 5.82 Å². The number of rotatable bonds is 8. The van der Waals surface area contributed by atoms with Crippen molar-refractivity contribution in [3.63, 3.8) is 0 Å². The monoisotopic (exact) mass is 428 g/mol. The predicted molar refractivity (Wildman–Crippen MR) is 118 cm³/mol. The van der Waals surface area contributed by atoms with Gasteiger partial charge in [-0.15, -0.1) is 0 Å². The molecule has 3 aromatic rings. The maximum atomic E-state index is 12.5. The zero-order valence-corrected chi connectivity index (χ0v) is 18.1. The Kier molecular flexibility index (Phi) is 6.29. The second kappa shape index (κ2) is 9.09. The molecule has 1 aliphatic heterocycles. The molecule has 1 aliphatic rings. The molecule has 30 heavy (non-hydrogen) atoms. The van der Waals surface area contributed by atoms with Crippen LogP contribution >= 0.6 is 0 Å². The summed E-state index contributed by atoms with van der Waals surface area (Å²) in [4.78, 5) is 16.9. The van der Waals surface area contributed by atoms with Crippen molar-refractivity contribution in [3.8, 4) is 0 Å². The van der Waals surface area contributed by atoms with Crippen LogP contribution in [0, 0.1) is 6.92 Å². The van der Waals surface area contributed by atoms with Gasteiger partial charge in [0.2, 0.25) is 10.0 Å². The van der Waals surface area contributed by atoms with Gasteiger partial charge in [0.15, 0.2) is 0 Å². The molecule has 1 saturated heterocycles. The number of piperidine rings is 1. The van der Waals surface area contributed by atoms with E-state index < -0.39 is 10.0 Å². The van der Waals surface area contributed by atoms with Crippen LogP contribution in [0.1, 0.15) is 36.6 Å². The van der Waals surface area contributed by atoms with Crippen LogP contribution in [0.2, 0.25) is 0 Å². The number of imidazole rings is 1. The number of nitrogens with zero attached hydrogens (tertiary/aromatic N) is 4. The number of fused-ring (bicyclic) bond motifs is 1. The maximum absolute atomic E-state index is 12.5. The molecule has 0 unspecified atom stereocenters. The summed E-state index contributed by atoms with van der Waals surface area (Å²) < 4.78 is 26.6. The standard InChI is InChI=1S/C21H28N6O2S/c1-16-23-17(9-10-20-25-18-7-3-4-8-19(18)26-20)15-21(24-16)22-11-14-30(28,29)27-12-5-2-6-13-27/h3-4,7-8,15H,2,5-6,9-14H2,1H3,(H,25,26)(H,22,23,24). The lowest BCUT2D eigenvalue weighted by Crippen LogP contribution is -2.38. The average Bonchev–Trinajstić information content (AvgIpc) is 3.15. The van der Waals surface area contributed by atoms with Gasteiger partial charge in [-0.2, -0.15) is 0 Å². The van der Waals surface area contributed by atoms with Crippen LogP contribution in [0.3, 0.4) is 0 Å². The SMILES string of the molecule is Cc1nc(CCc2nc3ccccc3[nH]2)cc(NCCS(=O)(=O)N2CCCCC2)n1. The molecule has 1 aromatic carbocycles. The molecule has 2 N–H and O–H groups in total. The number of hydrogen-bond donors (Lipinski definition) is 2. The highest BCUT2D eigenvalue weighted by molar-refractivity contribution is 7.89. The number of aromatic nitrogens is 4. The van der Waals surface area contributed by atoms with Crippen molar-refractivity contribution < 1.29 is 8.42 Å². The zero-order chi connectivity index (χ0) is 21.0. The van der Waals surface area contributed by atoms with E-state index in [1.165, 1.54) is 0 Å². The molecule has 3 heterocycles. The van der Waals surface area contributed by atoms with Gasteiger partial charge in [-0.3, -0.25) is 0 Å². The second-order valence-corrected chi connectivity index (χ2v) is 9.78. The Morgan fingerprint density at radius 1 is 1.07 bits per heavy atom. The van der Waals surface area contributed by atoms with E-state index in [9.17, 15) is 8.42 Å². The molecule has 8 nitrogen and oxygen atoms in total. The fourth-order valence-corrected chi connectivity index (χ4v) is 5.23. The lowest BCUT2D eigenvalue weighted by Gasteiger charge is -2.25. The summed E-state index contributed by atoms with van der Waals surface area (Å²) in [6, 6.07) is 9.86. The van der Waals surface area contributed by atoms with Crippen molar-refractivity contribution in [2.45, 2.75) is 39.0 Å². The van der Waals surface area contributed by atoms with Crippen molar-refractivity contribution in [3.05, 3.63) is 47.7 Å². The Morgan fingerprint density at radius 2 is 1.87 bits per heavy atom. The molecule has 4 rings (SSSR count). The summed E-state index contributed by atoms with van der Waals surface area (Å²) in [5.74, 6) is 2.33. The van der Waals surface area contributed by atoms with E-state index in [4.69, 9.17) is 0 Å². The fourth-order valence-electron chi connectivity index (χ4n) is 3.80. The number of aromatic amines is 1. The number of nitrogens with one attached hydrogen (secondary N) is 2. The van der Waals surface area contributed by atoms with Crippen molar-refractivity contribution in [2.24, 2.45) is 0 Å². The molecule has 0 amide bonds. The molecule has 9 heteroatoms. The van der Waals surface area contributed by atoms with E-state index in [0.29, 0.717) is 31.3 Å². The maximum Gasteiger partial charge on any atom is 0.215 e. The largest absolute Gasteiger partial charge is 0.369 e. The molecule has 160 valence electrons. The van der Waals surface area contributed by atoms with Gasteiger partial charge in [0.25, 0.3) is 0 Å². The van der Waals surface area contributed by atoms with Crippen molar-refractivity contribution in [1.82, 2.24) is 24.2 Å². The Bertz CT molecular complexity index is 1070. The van der Waals surface area contributed by atoms with E-state index in [1.54, 1.807) is 4.31 Å². The number of anilines is 1. The Hall–Kier alpha value is -2.52. The lowest BCUT2D eigenvalue weighted by atomic mass is 10.2. The molecule has 0 saturated carbocycles. The molecule has 0 atom stereocenters. The van der Waals surface area contributed by atoms with Crippen LogP contribution in [0.15, 0.2) is 30.3 Å². The molecular weight excluding hydrogens is 400 g/mol. The first-order chi connectivity index (χ1) is 14.5. The first kappa shape index (κ1) is 20.7. The minimum atomic E-state index is -3.22. The second-order valence-electron chi connectivity index (χ2n) is 7.69. The Morgan fingerprint density at radius 3 is 2.67 bits per heavy atom. The number of benzene rings is 1. The van der Waals surface area contributed by atoms with Gasteiger partial charge >= 0.3 is 0 Å². The highest BCUT2D eigenvalue weighted by Crippen LogP contribution is 2.15.